The van der Waals surface area contributed by atoms with Gasteiger partial charge in [0.05, 0.1) is 6.61 Å². The molecule has 1 aromatic heterocycles. The van der Waals surface area contributed by atoms with Gasteiger partial charge in [0.1, 0.15) is 11.3 Å². The summed E-state index contributed by atoms with van der Waals surface area (Å²) in [6.07, 6.45) is 0. The van der Waals surface area contributed by atoms with E-state index < -0.39 is 5.97 Å². The van der Waals surface area contributed by atoms with Gasteiger partial charge in [0.25, 0.3) is 5.89 Å². The number of aromatic nitrogens is 2. The lowest BCUT2D eigenvalue weighted by atomic mass is 10.2. The third kappa shape index (κ3) is 4.16. The zero-order valence-corrected chi connectivity index (χ0v) is 14.2. The molecule has 0 N–H and O–H groups in total. The van der Waals surface area contributed by atoms with E-state index in [4.69, 9.17) is 25.6 Å². The Kier molecular flexibility index (Phi) is 5.30. The normalized spacial score (nSPS) is 10.5. The number of benzene rings is 2. The van der Waals surface area contributed by atoms with Crippen molar-refractivity contribution in [3.63, 3.8) is 0 Å². The summed E-state index contributed by atoms with van der Waals surface area (Å²) < 4.78 is 15.8. The van der Waals surface area contributed by atoms with Crippen molar-refractivity contribution in [2.75, 3.05) is 6.61 Å². The van der Waals surface area contributed by atoms with Crippen LogP contribution in [0, 0.1) is 0 Å². The smallest absolute Gasteiger partial charge is 0.342 e. The largest absolute Gasteiger partial charge is 0.493 e. The van der Waals surface area contributed by atoms with E-state index in [-0.39, 0.29) is 12.5 Å². The number of hydrogen-bond acceptors (Lipinski definition) is 6. The number of ether oxygens (including phenoxy) is 2. The van der Waals surface area contributed by atoms with E-state index in [1.807, 2.05) is 13.0 Å². The Morgan fingerprint density at radius 2 is 2.04 bits per heavy atom. The fourth-order valence-electron chi connectivity index (χ4n) is 2.18. The molecule has 128 valence electrons. The molecule has 0 aliphatic carbocycles. The molecule has 3 aromatic rings. The first kappa shape index (κ1) is 17.0. The Hall–Kier alpha value is -2.86. The van der Waals surface area contributed by atoms with Crippen LogP contribution < -0.4 is 4.74 Å². The highest BCUT2D eigenvalue weighted by molar-refractivity contribution is 6.30. The van der Waals surface area contributed by atoms with Crippen LogP contribution in [0.1, 0.15) is 23.2 Å². The predicted octanol–water partition coefficient (Wildman–Crippen LogP) is 4.15. The van der Waals surface area contributed by atoms with Gasteiger partial charge in [0.15, 0.2) is 6.61 Å². The number of hydrogen-bond donors (Lipinski definition) is 0. The SMILES string of the molecule is CCOc1ccccc1C(=O)OCc1nc(-c2cccc(Cl)c2)no1. The van der Waals surface area contributed by atoms with Crippen molar-refractivity contribution in [1.82, 2.24) is 10.1 Å². The van der Waals surface area contributed by atoms with E-state index in [0.717, 1.165) is 5.56 Å². The van der Waals surface area contributed by atoms with Gasteiger partial charge in [-0.25, -0.2) is 4.79 Å². The molecule has 0 spiro atoms. The molecule has 0 saturated carbocycles. The van der Waals surface area contributed by atoms with E-state index >= 15 is 0 Å². The molecule has 6 nitrogen and oxygen atoms in total. The number of nitrogens with zero attached hydrogens (tertiary/aromatic N) is 2. The maximum Gasteiger partial charge on any atom is 0.342 e. The quantitative estimate of drug-likeness (QED) is 0.616. The van der Waals surface area contributed by atoms with Crippen LogP contribution in [0.15, 0.2) is 53.1 Å². The third-order valence-electron chi connectivity index (χ3n) is 3.28. The number of carbonyl (C=O) groups is 1. The molecular formula is C18H15ClN2O4. The van der Waals surface area contributed by atoms with Crippen LogP contribution in [0.4, 0.5) is 0 Å². The number of halogens is 1. The van der Waals surface area contributed by atoms with Crippen molar-refractivity contribution >= 4 is 17.6 Å². The van der Waals surface area contributed by atoms with E-state index in [0.29, 0.717) is 28.8 Å². The molecule has 2 aromatic carbocycles. The monoisotopic (exact) mass is 358 g/mol. The molecular weight excluding hydrogens is 344 g/mol. The summed E-state index contributed by atoms with van der Waals surface area (Å²) in [5, 5.41) is 4.44. The fraction of sp³-hybridized carbons (Fsp3) is 0.167. The Morgan fingerprint density at radius 3 is 2.84 bits per heavy atom. The summed E-state index contributed by atoms with van der Waals surface area (Å²) >= 11 is 5.95. The van der Waals surface area contributed by atoms with Crippen LogP contribution in [0.5, 0.6) is 5.75 Å². The van der Waals surface area contributed by atoms with Gasteiger partial charge in [-0.05, 0) is 31.2 Å². The molecule has 0 aliphatic heterocycles. The molecule has 0 aliphatic rings. The summed E-state index contributed by atoms with van der Waals surface area (Å²) in [4.78, 5) is 16.4. The van der Waals surface area contributed by atoms with Gasteiger partial charge in [0.2, 0.25) is 5.82 Å². The number of carbonyl (C=O) groups excluding carboxylic acids is 1. The summed E-state index contributed by atoms with van der Waals surface area (Å²) in [7, 11) is 0. The lowest BCUT2D eigenvalue weighted by Crippen LogP contribution is -2.08. The van der Waals surface area contributed by atoms with Gasteiger partial charge in [-0.2, -0.15) is 4.98 Å². The fourth-order valence-corrected chi connectivity index (χ4v) is 2.37. The third-order valence-corrected chi connectivity index (χ3v) is 3.52. The van der Waals surface area contributed by atoms with E-state index in [9.17, 15) is 4.79 Å². The molecule has 0 saturated heterocycles. The molecule has 0 unspecified atom stereocenters. The van der Waals surface area contributed by atoms with Crippen molar-refractivity contribution in [3.05, 3.63) is 65.0 Å². The molecule has 0 bridgehead atoms. The topological polar surface area (TPSA) is 74.5 Å². The van der Waals surface area contributed by atoms with E-state index in [1.54, 1.807) is 42.5 Å². The molecule has 0 fully saturated rings. The first-order valence-electron chi connectivity index (χ1n) is 7.65. The van der Waals surface area contributed by atoms with Gasteiger partial charge < -0.3 is 14.0 Å². The molecule has 7 heteroatoms. The molecule has 3 rings (SSSR count). The standard InChI is InChI=1S/C18H15ClN2O4/c1-2-23-15-9-4-3-8-14(15)18(22)24-11-16-20-17(21-25-16)12-6-5-7-13(19)10-12/h3-10H,2,11H2,1H3. The van der Waals surface area contributed by atoms with Gasteiger partial charge in [-0.1, -0.05) is 41.0 Å². The summed E-state index contributed by atoms with van der Waals surface area (Å²) in [5.74, 6) is 0.521. The van der Waals surface area contributed by atoms with Crippen LogP contribution >= 0.6 is 11.6 Å². The molecule has 0 radical (unpaired) electrons. The molecule has 25 heavy (non-hydrogen) atoms. The highest BCUT2D eigenvalue weighted by atomic mass is 35.5. The van der Waals surface area contributed by atoms with Gasteiger partial charge >= 0.3 is 5.97 Å². The van der Waals surface area contributed by atoms with Crippen LogP contribution in [0.2, 0.25) is 5.02 Å². The maximum atomic E-state index is 12.2. The predicted molar refractivity (Wildman–Crippen MR) is 91.5 cm³/mol. The highest BCUT2D eigenvalue weighted by Crippen LogP contribution is 2.21. The average molecular weight is 359 g/mol. The number of esters is 1. The average Bonchev–Trinajstić information content (AvgIpc) is 3.09. The van der Waals surface area contributed by atoms with Crippen molar-refractivity contribution in [3.8, 4) is 17.1 Å². The van der Waals surface area contributed by atoms with Crippen molar-refractivity contribution in [2.45, 2.75) is 13.5 Å². The minimum atomic E-state index is -0.522. The summed E-state index contributed by atoms with van der Waals surface area (Å²) in [6.45, 7) is 2.17. The van der Waals surface area contributed by atoms with Gasteiger partial charge in [0, 0.05) is 10.6 Å². The van der Waals surface area contributed by atoms with Crippen molar-refractivity contribution in [1.29, 1.82) is 0 Å². The zero-order chi connectivity index (χ0) is 17.6. The highest BCUT2D eigenvalue weighted by Gasteiger charge is 2.16. The Bertz CT molecular complexity index is 879. The zero-order valence-electron chi connectivity index (χ0n) is 13.4. The van der Waals surface area contributed by atoms with Crippen LogP contribution in [0.3, 0.4) is 0 Å². The second-order valence-electron chi connectivity index (χ2n) is 5.03. The Morgan fingerprint density at radius 1 is 1.20 bits per heavy atom. The van der Waals surface area contributed by atoms with E-state index in [1.165, 1.54) is 0 Å². The minimum absolute atomic E-state index is 0.132. The summed E-state index contributed by atoms with van der Waals surface area (Å²) in [5.41, 5.74) is 1.06. The van der Waals surface area contributed by atoms with Crippen LogP contribution in [-0.4, -0.2) is 22.7 Å². The van der Waals surface area contributed by atoms with Crippen LogP contribution in [-0.2, 0) is 11.3 Å². The lowest BCUT2D eigenvalue weighted by Gasteiger charge is -2.08. The van der Waals surface area contributed by atoms with E-state index in [2.05, 4.69) is 10.1 Å². The molecule has 0 atom stereocenters. The summed E-state index contributed by atoms with van der Waals surface area (Å²) in [6, 6.07) is 14.0. The van der Waals surface area contributed by atoms with Crippen molar-refractivity contribution in [2.24, 2.45) is 0 Å². The Labute approximate surface area is 149 Å². The first-order valence-corrected chi connectivity index (χ1v) is 8.02. The van der Waals surface area contributed by atoms with Gasteiger partial charge in [-0.15, -0.1) is 0 Å². The van der Waals surface area contributed by atoms with Crippen molar-refractivity contribution < 1.29 is 18.8 Å². The second-order valence-corrected chi connectivity index (χ2v) is 5.46. The van der Waals surface area contributed by atoms with Gasteiger partial charge in [-0.3, -0.25) is 0 Å². The Balaban J connectivity index is 1.67. The second kappa shape index (κ2) is 7.81. The minimum Gasteiger partial charge on any atom is -0.493 e. The number of para-hydroxylation sites is 1. The van der Waals surface area contributed by atoms with Crippen LogP contribution in [0.25, 0.3) is 11.4 Å². The number of rotatable bonds is 6. The maximum absolute atomic E-state index is 12.2. The lowest BCUT2D eigenvalue weighted by molar-refractivity contribution is 0.0425. The first-order chi connectivity index (χ1) is 12.2. The molecule has 0 amide bonds. The molecule has 1 heterocycles.